The highest BCUT2D eigenvalue weighted by Gasteiger charge is 2.35. The summed E-state index contributed by atoms with van der Waals surface area (Å²) in [7, 11) is 1.47. The number of Topliss-reactive ketones (excluding diaryl/α,β-unsaturated/α-hetero) is 1. The summed E-state index contributed by atoms with van der Waals surface area (Å²) >= 11 is 16.7. The van der Waals surface area contributed by atoms with Crippen LogP contribution in [0.1, 0.15) is 17.3 Å². The van der Waals surface area contributed by atoms with Crippen LogP contribution in [0.3, 0.4) is 0 Å². The van der Waals surface area contributed by atoms with Gasteiger partial charge >= 0.3 is 18.2 Å². The Morgan fingerprint density at radius 1 is 1.27 bits per heavy atom. The first kappa shape index (κ1) is 23.8. The van der Waals surface area contributed by atoms with Crippen molar-refractivity contribution in [2.24, 2.45) is 0 Å². The van der Waals surface area contributed by atoms with Gasteiger partial charge in [0.15, 0.2) is 5.78 Å². The van der Waals surface area contributed by atoms with Crippen LogP contribution in [-0.2, 0) is 9.47 Å². The van der Waals surface area contributed by atoms with Gasteiger partial charge in [-0.1, -0.05) is 34.8 Å². The molecule has 0 spiro atoms. The highest BCUT2D eigenvalue weighted by molar-refractivity contribution is 6.67. The first-order valence-electron chi connectivity index (χ1n) is 8.49. The van der Waals surface area contributed by atoms with Gasteiger partial charge in [0.1, 0.15) is 25.0 Å². The predicted octanol–water partition coefficient (Wildman–Crippen LogP) is 3.15. The summed E-state index contributed by atoms with van der Waals surface area (Å²) in [6, 6.07) is 3.88. The van der Waals surface area contributed by atoms with E-state index in [4.69, 9.17) is 44.3 Å². The van der Waals surface area contributed by atoms with Gasteiger partial charge in [-0.15, -0.1) is 0 Å². The lowest BCUT2D eigenvalue weighted by atomic mass is 10.1. The van der Waals surface area contributed by atoms with Crippen molar-refractivity contribution in [3.63, 3.8) is 0 Å². The van der Waals surface area contributed by atoms with Crippen LogP contribution in [0, 0.1) is 0 Å². The number of cyclic esters (lactones) is 1. The Morgan fingerprint density at radius 2 is 1.90 bits per heavy atom. The molecule has 0 bridgehead atoms. The summed E-state index contributed by atoms with van der Waals surface area (Å²) in [4.78, 5) is 50.0. The number of amides is 4. The number of ketones is 1. The van der Waals surface area contributed by atoms with E-state index in [1.165, 1.54) is 26.2 Å². The Balaban J connectivity index is 2.21. The van der Waals surface area contributed by atoms with Gasteiger partial charge in [-0.3, -0.25) is 4.79 Å². The molecule has 2 rings (SSSR count). The molecule has 0 unspecified atom stereocenters. The zero-order chi connectivity index (χ0) is 22.5. The van der Waals surface area contributed by atoms with E-state index in [1.807, 2.05) is 0 Å². The fourth-order valence-electron chi connectivity index (χ4n) is 2.37. The summed E-state index contributed by atoms with van der Waals surface area (Å²) in [5.74, 6) is -0.00761. The van der Waals surface area contributed by atoms with Crippen molar-refractivity contribution in [2.45, 2.75) is 16.8 Å². The van der Waals surface area contributed by atoms with Gasteiger partial charge in [0.25, 0.3) is 0 Å². The van der Waals surface area contributed by atoms with Crippen molar-refractivity contribution in [1.82, 2.24) is 15.3 Å². The number of hydrogen-bond donors (Lipinski definition) is 1. The average molecular weight is 483 g/mol. The molecule has 0 aliphatic carbocycles. The van der Waals surface area contributed by atoms with Crippen LogP contribution in [0.4, 0.5) is 14.4 Å². The van der Waals surface area contributed by atoms with E-state index >= 15 is 0 Å². The van der Waals surface area contributed by atoms with Crippen molar-refractivity contribution in [2.75, 3.05) is 26.9 Å². The lowest BCUT2D eigenvalue weighted by Gasteiger charge is -2.29. The van der Waals surface area contributed by atoms with Crippen LogP contribution in [0.25, 0.3) is 0 Å². The smallest absolute Gasteiger partial charge is 0.429 e. The van der Waals surface area contributed by atoms with Crippen molar-refractivity contribution in [3.8, 4) is 5.75 Å². The molecule has 13 heteroatoms. The summed E-state index contributed by atoms with van der Waals surface area (Å²) in [5, 5.41) is 0.608. The number of carbonyl (C=O) groups is 4. The fraction of sp³-hybridized carbons (Fsp3) is 0.412. The number of halogens is 3. The van der Waals surface area contributed by atoms with E-state index in [0.717, 1.165) is 4.90 Å². The number of rotatable bonds is 5. The second-order valence-corrected chi connectivity index (χ2v) is 8.51. The maximum absolute atomic E-state index is 12.8. The predicted molar refractivity (Wildman–Crippen MR) is 107 cm³/mol. The van der Waals surface area contributed by atoms with E-state index in [0.29, 0.717) is 10.8 Å². The summed E-state index contributed by atoms with van der Waals surface area (Å²) < 4.78 is 12.7. The van der Waals surface area contributed by atoms with Gasteiger partial charge in [-0.2, -0.15) is 0 Å². The third kappa shape index (κ3) is 6.28. The van der Waals surface area contributed by atoms with Crippen LogP contribution in [0.2, 0.25) is 0 Å². The van der Waals surface area contributed by atoms with Crippen molar-refractivity contribution in [1.29, 1.82) is 0 Å². The van der Waals surface area contributed by atoms with E-state index in [2.05, 4.69) is 10.2 Å². The maximum Gasteiger partial charge on any atom is 0.429 e. The number of carbonyl (C=O) groups excluding carboxylic acids is 4. The summed E-state index contributed by atoms with van der Waals surface area (Å²) in [6.07, 6.45) is -2.06. The number of nitrogens with zero attached hydrogens (tertiary/aromatic N) is 2. The minimum absolute atomic E-state index is 0.00426. The highest BCUT2D eigenvalue weighted by atomic mass is 35.6. The number of hydrazine groups is 1. The molecule has 164 valence electrons. The second-order valence-electron chi connectivity index (χ2n) is 5.99. The van der Waals surface area contributed by atoms with Gasteiger partial charge in [0.2, 0.25) is 3.79 Å². The molecular formula is C17H18Cl3N3O7. The van der Waals surface area contributed by atoms with Crippen LogP contribution < -0.4 is 10.2 Å². The van der Waals surface area contributed by atoms with E-state index < -0.39 is 40.4 Å². The average Bonchev–Trinajstić information content (AvgIpc) is 3.14. The quantitative estimate of drug-likeness (QED) is 0.389. The minimum Gasteiger partial charge on any atom is -0.497 e. The number of methoxy groups -OCH3 is 1. The van der Waals surface area contributed by atoms with E-state index in [9.17, 15) is 19.2 Å². The molecule has 10 nitrogen and oxygen atoms in total. The number of benzene rings is 1. The molecule has 1 saturated heterocycles. The molecule has 1 heterocycles. The standard InChI is InChI=1S/C17H18Cl3N3O7/c1-10(13(24)11-3-5-12(28-2)6-4-11)23(16(27)30-9-17(18,19)20)21-14(25)22-7-8-29-15(22)26/h3-6,10H,7-9H2,1-2H3,(H,21,25)/t10-/m1/s1. The Kier molecular flexibility index (Phi) is 7.99. The number of imide groups is 1. The molecule has 1 atom stereocenters. The van der Waals surface area contributed by atoms with Gasteiger partial charge in [-0.05, 0) is 31.2 Å². The second kappa shape index (κ2) is 10.1. The largest absolute Gasteiger partial charge is 0.497 e. The van der Waals surface area contributed by atoms with Gasteiger partial charge in [0, 0.05) is 5.56 Å². The van der Waals surface area contributed by atoms with Crippen LogP contribution in [0.15, 0.2) is 24.3 Å². The molecule has 0 aromatic heterocycles. The molecule has 1 aromatic rings. The molecule has 30 heavy (non-hydrogen) atoms. The van der Waals surface area contributed by atoms with Crippen LogP contribution >= 0.6 is 34.8 Å². The summed E-state index contributed by atoms with van der Waals surface area (Å²) in [6.45, 7) is 0.691. The van der Waals surface area contributed by atoms with Crippen LogP contribution in [-0.4, -0.2) is 70.6 Å². The Morgan fingerprint density at radius 3 is 2.40 bits per heavy atom. The molecule has 1 aromatic carbocycles. The third-order valence-corrected chi connectivity index (χ3v) is 4.25. The Bertz CT molecular complexity index is 814. The first-order chi connectivity index (χ1) is 14.0. The van der Waals surface area contributed by atoms with Gasteiger partial charge in [0.05, 0.1) is 13.7 Å². The number of urea groups is 1. The molecule has 1 aliphatic heterocycles. The zero-order valence-corrected chi connectivity index (χ0v) is 18.2. The van der Waals surface area contributed by atoms with Crippen molar-refractivity contribution in [3.05, 3.63) is 29.8 Å². The van der Waals surface area contributed by atoms with Crippen LogP contribution in [0.5, 0.6) is 5.75 Å². The molecule has 1 aliphatic rings. The number of nitrogens with one attached hydrogen (secondary N) is 1. The molecular weight excluding hydrogens is 465 g/mol. The Hall–Kier alpha value is -2.43. The monoisotopic (exact) mass is 481 g/mol. The van der Waals surface area contributed by atoms with Crippen molar-refractivity contribution >= 4 is 58.8 Å². The molecule has 1 N–H and O–H groups in total. The SMILES string of the molecule is COc1ccc(C(=O)[C@@H](C)N(NC(=O)N2CCOC2=O)C(=O)OCC(Cl)(Cl)Cl)cc1. The topological polar surface area (TPSA) is 114 Å². The van der Waals surface area contributed by atoms with Crippen molar-refractivity contribution < 1.29 is 33.4 Å². The zero-order valence-electron chi connectivity index (χ0n) is 15.9. The molecule has 1 fully saturated rings. The lowest BCUT2D eigenvalue weighted by molar-refractivity contribution is 0.0575. The van der Waals surface area contributed by atoms with E-state index in [1.54, 1.807) is 12.1 Å². The summed E-state index contributed by atoms with van der Waals surface area (Å²) in [5.41, 5.74) is 2.40. The van der Waals surface area contributed by atoms with E-state index in [-0.39, 0.29) is 18.7 Å². The van der Waals surface area contributed by atoms with Gasteiger partial charge in [-0.25, -0.2) is 29.7 Å². The molecule has 0 saturated carbocycles. The molecule has 0 radical (unpaired) electrons. The Labute approximate surface area is 186 Å². The normalized spacial score (nSPS) is 14.6. The number of hydrogen-bond acceptors (Lipinski definition) is 7. The lowest BCUT2D eigenvalue weighted by Crippen LogP contribution is -2.57. The fourth-order valence-corrected chi connectivity index (χ4v) is 2.53. The number of ether oxygens (including phenoxy) is 3. The highest BCUT2D eigenvalue weighted by Crippen LogP contribution is 2.26. The molecule has 4 amide bonds. The first-order valence-corrected chi connectivity index (χ1v) is 9.63. The third-order valence-electron chi connectivity index (χ3n) is 3.92. The number of alkyl halides is 3. The minimum atomic E-state index is -1.91. The van der Waals surface area contributed by atoms with Gasteiger partial charge < -0.3 is 14.2 Å². The maximum atomic E-state index is 12.8.